The summed E-state index contributed by atoms with van der Waals surface area (Å²) in [7, 11) is 0. The van der Waals surface area contributed by atoms with Gasteiger partial charge in [0.05, 0.1) is 13.2 Å². The van der Waals surface area contributed by atoms with Crippen molar-refractivity contribution in [2.75, 3.05) is 32.8 Å². The molecule has 0 amide bonds. The number of rotatable bonds is 8. The third-order valence-corrected chi connectivity index (χ3v) is 3.04. The Hall–Kier alpha value is -0.820. The number of nitrogens with one attached hydrogen (secondary N) is 2. The molecule has 1 aromatic carbocycles. The molecule has 0 heterocycles. The molecule has 5 heteroatoms. The van der Waals surface area contributed by atoms with E-state index >= 15 is 0 Å². The second-order valence-corrected chi connectivity index (χ2v) is 5.13. The zero-order valence-electron chi connectivity index (χ0n) is 14.2. The molecule has 0 fully saturated rings. The molecule has 0 spiro atoms. The highest BCUT2D eigenvalue weighted by atomic mass is 127. The SMILES string of the molecule is CCNC(=NCCOCC)NCCc1cc(C)cc(C)c1.I. The van der Waals surface area contributed by atoms with Gasteiger partial charge in [0.2, 0.25) is 0 Å². The van der Waals surface area contributed by atoms with Gasteiger partial charge >= 0.3 is 0 Å². The van der Waals surface area contributed by atoms with E-state index in [0.717, 1.165) is 32.1 Å². The second-order valence-electron chi connectivity index (χ2n) is 5.13. The maximum atomic E-state index is 5.30. The smallest absolute Gasteiger partial charge is 0.191 e. The number of nitrogens with zero attached hydrogens (tertiary/aromatic N) is 1. The van der Waals surface area contributed by atoms with E-state index < -0.39 is 0 Å². The number of ether oxygens (including phenoxy) is 1. The molecule has 0 aliphatic rings. The highest BCUT2D eigenvalue weighted by Crippen LogP contribution is 2.08. The Morgan fingerprint density at radius 2 is 1.77 bits per heavy atom. The van der Waals surface area contributed by atoms with Gasteiger partial charge in [-0.1, -0.05) is 29.3 Å². The van der Waals surface area contributed by atoms with Crippen molar-refractivity contribution in [1.29, 1.82) is 0 Å². The topological polar surface area (TPSA) is 45.7 Å². The minimum atomic E-state index is 0. The quantitative estimate of drug-likeness (QED) is 0.295. The molecule has 0 bridgehead atoms. The first-order chi connectivity index (χ1) is 10.2. The highest BCUT2D eigenvalue weighted by molar-refractivity contribution is 14.0. The maximum absolute atomic E-state index is 5.30. The van der Waals surface area contributed by atoms with Crippen molar-refractivity contribution in [2.45, 2.75) is 34.1 Å². The molecule has 126 valence electrons. The van der Waals surface area contributed by atoms with Gasteiger partial charge in [-0.05, 0) is 39.7 Å². The van der Waals surface area contributed by atoms with Crippen LogP contribution in [0.4, 0.5) is 0 Å². The molecule has 1 aromatic rings. The normalized spacial score (nSPS) is 11.0. The Morgan fingerprint density at radius 1 is 1.09 bits per heavy atom. The summed E-state index contributed by atoms with van der Waals surface area (Å²) in [6.45, 7) is 12.2. The van der Waals surface area contributed by atoms with E-state index in [2.05, 4.69) is 54.6 Å². The van der Waals surface area contributed by atoms with E-state index in [9.17, 15) is 0 Å². The Balaban J connectivity index is 0.00000441. The summed E-state index contributed by atoms with van der Waals surface area (Å²) < 4.78 is 5.30. The molecule has 0 aliphatic heterocycles. The van der Waals surface area contributed by atoms with Gasteiger partial charge in [-0.2, -0.15) is 0 Å². The lowest BCUT2D eigenvalue weighted by molar-refractivity contribution is 0.155. The molecule has 0 radical (unpaired) electrons. The molecule has 0 saturated heterocycles. The fourth-order valence-corrected chi connectivity index (χ4v) is 2.25. The maximum Gasteiger partial charge on any atom is 0.191 e. The monoisotopic (exact) mass is 419 g/mol. The van der Waals surface area contributed by atoms with Gasteiger partial charge in [-0.15, -0.1) is 24.0 Å². The second kappa shape index (κ2) is 12.7. The zero-order chi connectivity index (χ0) is 15.5. The van der Waals surface area contributed by atoms with Crippen LogP contribution >= 0.6 is 24.0 Å². The molecule has 0 atom stereocenters. The van der Waals surface area contributed by atoms with Crippen LogP contribution in [0.1, 0.15) is 30.5 Å². The Morgan fingerprint density at radius 3 is 2.36 bits per heavy atom. The zero-order valence-corrected chi connectivity index (χ0v) is 16.6. The fourth-order valence-electron chi connectivity index (χ4n) is 2.25. The van der Waals surface area contributed by atoms with Crippen molar-refractivity contribution in [1.82, 2.24) is 10.6 Å². The number of aryl methyl sites for hydroxylation is 2. The molecule has 0 saturated carbocycles. The van der Waals surface area contributed by atoms with Gasteiger partial charge in [0.15, 0.2) is 5.96 Å². The highest BCUT2D eigenvalue weighted by Gasteiger charge is 1.99. The van der Waals surface area contributed by atoms with Crippen molar-refractivity contribution in [2.24, 2.45) is 4.99 Å². The van der Waals surface area contributed by atoms with Crippen LogP contribution in [0.5, 0.6) is 0 Å². The Labute approximate surface area is 152 Å². The molecular weight excluding hydrogens is 389 g/mol. The largest absolute Gasteiger partial charge is 0.380 e. The molecule has 1 rings (SSSR count). The molecule has 0 unspecified atom stereocenters. The Bertz CT molecular complexity index is 429. The van der Waals surface area contributed by atoms with Crippen LogP contribution < -0.4 is 10.6 Å². The Kier molecular flexibility index (Phi) is 12.2. The summed E-state index contributed by atoms with van der Waals surface area (Å²) >= 11 is 0. The molecule has 2 N–H and O–H groups in total. The van der Waals surface area contributed by atoms with Gasteiger partial charge in [0.25, 0.3) is 0 Å². The van der Waals surface area contributed by atoms with Crippen LogP contribution in [0.15, 0.2) is 23.2 Å². The lowest BCUT2D eigenvalue weighted by atomic mass is 10.1. The van der Waals surface area contributed by atoms with Crippen LogP contribution in [-0.2, 0) is 11.2 Å². The fraction of sp³-hybridized carbons (Fsp3) is 0.588. The first-order valence-corrected chi connectivity index (χ1v) is 7.82. The van der Waals surface area contributed by atoms with Gasteiger partial charge in [-0.3, -0.25) is 4.99 Å². The van der Waals surface area contributed by atoms with Crippen molar-refractivity contribution < 1.29 is 4.74 Å². The van der Waals surface area contributed by atoms with Crippen LogP contribution in [0.3, 0.4) is 0 Å². The number of aliphatic imine (C=N–C) groups is 1. The first-order valence-electron chi connectivity index (χ1n) is 7.82. The van der Waals surface area contributed by atoms with Crippen LogP contribution in [0.2, 0.25) is 0 Å². The summed E-state index contributed by atoms with van der Waals surface area (Å²) in [5.41, 5.74) is 4.01. The van der Waals surface area contributed by atoms with Crippen LogP contribution in [0.25, 0.3) is 0 Å². The summed E-state index contributed by atoms with van der Waals surface area (Å²) in [5, 5.41) is 6.62. The van der Waals surface area contributed by atoms with E-state index in [0.29, 0.717) is 13.2 Å². The summed E-state index contributed by atoms with van der Waals surface area (Å²) in [6, 6.07) is 6.69. The molecule has 0 aliphatic carbocycles. The number of halogens is 1. The average molecular weight is 419 g/mol. The van der Waals surface area contributed by atoms with Crippen molar-refractivity contribution >= 4 is 29.9 Å². The van der Waals surface area contributed by atoms with Crippen LogP contribution in [0, 0.1) is 13.8 Å². The standard InChI is InChI=1S/C17H29N3O.HI/c1-5-18-17(20-9-10-21-6-2)19-8-7-16-12-14(3)11-15(4)13-16;/h11-13H,5-10H2,1-4H3,(H2,18,19,20);1H. The lowest BCUT2D eigenvalue weighted by Crippen LogP contribution is -2.38. The summed E-state index contributed by atoms with van der Waals surface area (Å²) in [5.74, 6) is 0.863. The van der Waals surface area contributed by atoms with Crippen molar-refractivity contribution in [3.05, 3.63) is 34.9 Å². The minimum absolute atomic E-state index is 0. The minimum Gasteiger partial charge on any atom is -0.380 e. The van der Waals surface area contributed by atoms with E-state index in [1.807, 2.05) is 6.92 Å². The van der Waals surface area contributed by atoms with Gasteiger partial charge in [0, 0.05) is 19.7 Å². The lowest BCUT2D eigenvalue weighted by Gasteiger charge is -2.12. The molecule has 0 aromatic heterocycles. The first kappa shape index (κ1) is 21.2. The molecule has 4 nitrogen and oxygen atoms in total. The summed E-state index contributed by atoms with van der Waals surface area (Å²) in [4.78, 5) is 4.49. The third-order valence-electron chi connectivity index (χ3n) is 3.04. The number of benzene rings is 1. The van der Waals surface area contributed by atoms with Crippen molar-refractivity contribution in [3.63, 3.8) is 0 Å². The average Bonchev–Trinajstić information content (AvgIpc) is 2.42. The number of guanidine groups is 1. The predicted molar refractivity (Wildman–Crippen MR) is 106 cm³/mol. The molecular formula is C17H30IN3O. The third kappa shape index (κ3) is 9.25. The van der Waals surface area contributed by atoms with Crippen LogP contribution in [-0.4, -0.2) is 38.8 Å². The predicted octanol–water partition coefficient (Wildman–Crippen LogP) is 3.06. The number of hydrogen-bond acceptors (Lipinski definition) is 2. The number of hydrogen-bond donors (Lipinski definition) is 2. The van der Waals surface area contributed by atoms with Gasteiger partial charge in [0.1, 0.15) is 0 Å². The van der Waals surface area contributed by atoms with E-state index in [4.69, 9.17) is 4.74 Å². The van der Waals surface area contributed by atoms with Crippen molar-refractivity contribution in [3.8, 4) is 0 Å². The summed E-state index contributed by atoms with van der Waals surface area (Å²) in [6.07, 6.45) is 0.998. The van der Waals surface area contributed by atoms with E-state index in [-0.39, 0.29) is 24.0 Å². The van der Waals surface area contributed by atoms with E-state index in [1.165, 1.54) is 16.7 Å². The molecule has 22 heavy (non-hydrogen) atoms. The van der Waals surface area contributed by atoms with E-state index in [1.54, 1.807) is 0 Å². The van der Waals surface area contributed by atoms with Gasteiger partial charge < -0.3 is 15.4 Å². The van der Waals surface area contributed by atoms with Gasteiger partial charge in [-0.25, -0.2) is 0 Å².